The quantitative estimate of drug-likeness (QED) is 0.581. The highest BCUT2D eigenvalue weighted by Crippen LogP contribution is 2.28. The first-order valence-corrected chi connectivity index (χ1v) is 8.91. The fraction of sp³-hybridized carbons (Fsp3) is 0.200. The van der Waals surface area contributed by atoms with Crippen molar-refractivity contribution in [3.63, 3.8) is 0 Å². The number of nitriles is 1. The molecule has 0 radical (unpaired) electrons. The zero-order chi connectivity index (χ0) is 17.8. The maximum atomic E-state index is 9.63. The van der Waals surface area contributed by atoms with Gasteiger partial charge in [-0.2, -0.15) is 5.26 Å². The summed E-state index contributed by atoms with van der Waals surface area (Å²) in [5, 5.41) is 9.63. The highest BCUT2D eigenvalue weighted by molar-refractivity contribution is 9.10. The molecule has 0 unspecified atom stereocenters. The molecule has 1 N–H and O–H groups in total. The van der Waals surface area contributed by atoms with Gasteiger partial charge in [0.1, 0.15) is 17.6 Å². The Balaban J connectivity index is 2.05. The summed E-state index contributed by atoms with van der Waals surface area (Å²) in [4.78, 5) is 7.77. The summed E-state index contributed by atoms with van der Waals surface area (Å²) in [6.07, 6.45) is 2.73. The molecule has 126 valence electrons. The van der Waals surface area contributed by atoms with E-state index in [-0.39, 0.29) is 0 Å². The SMILES string of the molecule is CCCOc1ccc(Br)cc1C=C(C#N)c1nc2ccc(C)cc2[nH]1. The van der Waals surface area contributed by atoms with Crippen molar-refractivity contribution in [3.8, 4) is 11.8 Å². The number of ether oxygens (including phenoxy) is 1. The molecule has 0 amide bonds. The zero-order valence-corrected chi connectivity index (χ0v) is 15.7. The number of halogens is 1. The average Bonchev–Trinajstić information content (AvgIpc) is 3.01. The van der Waals surface area contributed by atoms with Crippen LogP contribution in [-0.2, 0) is 0 Å². The molecule has 25 heavy (non-hydrogen) atoms. The van der Waals surface area contributed by atoms with Gasteiger partial charge in [-0.25, -0.2) is 4.98 Å². The van der Waals surface area contributed by atoms with Gasteiger partial charge in [0.25, 0.3) is 0 Å². The molecule has 0 saturated carbocycles. The van der Waals surface area contributed by atoms with E-state index >= 15 is 0 Å². The van der Waals surface area contributed by atoms with Crippen LogP contribution in [0.2, 0.25) is 0 Å². The van der Waals surface area contributed by atoms with E-state index in [0.29, 0.717) is 18.0 Å². The van der Waals surface area contributed by atoms with Gasteiger partial charge in [0, 0.05) is 10.0 Å². The number of aryl methyl sites for hydroxylation is 1. The lowest BCUT2D eigenvalue weighted by Gasteiger charge is -2.09. The van der Waals surface area contributed by atoms with E-state index < -0.39 is 0 Å². The number of nitrogens with zero attached hydrogens (tertiary/aromatic N) is 2. The van der Waals surface area contributed by atoms with Crippen LogP contribution in [-0.4, -0.2) is 16.6 Å². The number of aromatic nitrogens is 2. The van der Waals surface area contributed by atoms with Gasteiger partial charge in [-0.3, -0.25) is 0 Å². The normalized spacial score (nSPS) is 11.5. The lowest BCUT2D eigenvalue weighted by Crippen LogP contribution is -1.97. The first-order valence-electron chi connectivity index (χ1n) is 8.11. The lowest BCUT2D eigenvalue weighted by atomic mass is 10.1. The largest absolute Gasteiger partial charge is 0.493 e. The van der Waals surface area contributed by atoms with Crippen LogP contribution in [0.15, 0.2) is 40.9 Å². The molecule has 0 bridgehead atoms. The molecule has 3 aromatic rings. The second kappa shape index (κ2) is 7.54. The summed E-state index contributed by atoms with van der Waals surface area (Å²) in [5.41, 5.74) is 4.23. The minimum absolute atomic E-state index is 0.466. The summed E-state index contributed by atoms with van der Waals surface area (Å²) in [5.74, 6) is 1.31. The third-order valence-electron chi connectivity index (χ3n) is 3.75. The number of aromatic amines is 1. The van der Waals surface area contributed by atoms with Crippen LogP contribution in [0.25, 0.3) is 22.7 Å². The maximum absolute atomic E-state index is 9.63. The molecule has 2 aromatic carbocycles. The standard InChI is InChI=1S/C20H18BrN3O/c1-3-8-25-19-7-5-16(21)11-14(19)10-15(12-22)20-23-17-6-4-13(2)9-18(17)24-20/h4-7,9-11H,3,8H2,1-2H3,(H,23,24). The van der Waals surface area contributed by atoms with Gasteiger partial charge in [0.2, 0.25) is 0 Å². The number of allylic oxidation sites excluding steroid dienone is 1. The molecule has 0 atom stereocenters. The lowest BCUT2D eigenvalue weighted by molar-refractivity contribution is 0.317. The molecular weight excluding hydrogens is 378 g/mol. The Hall–Kier alpha value is -2.58. The summed E-state index contributed by atoms with van der Waals surface area (Å²) in [7, 11) is 0. The molecule has 4 nitrogen and oxygen atoms in total. The highest BCUT2D eigenvalue weighted by Gasteiger charge is 2.10. The molecule has 5 heteroatoms. The monoisotopic (exact) mass is 395 g/mol. The van der Waals surface area contributed by atoms with Gasteiger partial charge in [0.05, 0.1) is 23.2 Å². The molecular formula is C20H18BrN3O. The number of benzene rings is 2. The molecule has 1 aromatic heterocycles. The van der Waals surface area contributed by atoms with Gasteiger partial charge in [-0.1, -0.05) is 28.9 Å². The average molecular weight is 396 g/mol. The number of rotatable bonds is 5. The van der Waals surface area contributed by atoms with Crippen LogP contribution in [0, 0.1) is 18.3 Å². The fourth-order valence-electron chi connectivity index (χ4n) is 2.54. The fourth-order valence-corrected chi connectivity index (χ4v) is 2.91. The van der Waals surface area contributed by atoms with E-state index in [1.807, 2.05) is 43.3 Å². The van der Waals surface area contributed by atoms with Crippen LogP contribution in [0.4, 0.5) is 0 Å². The van der Waals surface area contributed by atoms with E-state index in [2.05, 4.69) is 38.9 Å². The van der Waals surface area contributed by atoms with E-state index in [0.717, 1.165) is 38.8 Å². The molecule has 0 aliphatic rings. The zero-order valence-electron chi connectivity index (χ0n) is 14.1. The van der Waals surface area contributed by atoms with Crippen LogP contribution in [0.3, 0.4) is 0 Å². The van der Waals surface area contributed by atoms with Gasteiger partial charge in [0.15, 0.2) is 0 Å². The Kier molecular flexibility index (Phi) is 5.20. The van der Waals surface area contributed by atoms with Gasteiger partial charge >= 0.3 is 0 Å². The first-order chi connectivity index (χ1) is 12.1. The van der Waals surface area contributed by atoms with Crippen LogP contribution < -0.4 is 4.74 Å². The molecule has 0 fully saturated rings. The van der Waals surface area contributed by atoms with Gasteiger partial charge in [-0.15, -0.1) is 0 Å². The van der Waals surface area contributed by atoms with Crippen molar-refractivity contribution in [3.05, 3.63) is 57.8 Å². The van der Waals surface area contributed by atoms with Crippen molar-refractivity contribution in [1.29, 1.82) is 5.26 Å². The smallest absolute Gasteiger partial charge is 0.149 e. The number of H-pyrrole nitrogens is 1. The molecule has 0 aliphatic carbocycles. The van der Waals surface area contributed by atoms with Gasteiger partial charge < -0.3 is 9.72 Å². The Bertz CT molecular complexity index is 982. The Morgan fingerprint density at radius 3 is 2.92 bits per heavy atom. The third kappa shape index (κ3) is 3.92. The van der Waals surface area contributed by atoms with E-state index in [4.69, 9.17) is 4.74 Å². The molecule has 1 heterocycles. The van der Waals surface area contributed by atoms with Crippen molar-refractivity contribution >= 4 is 38.6 Å². The summed E-state index contributed by atoms with van der Waals surface area (Å²) < 4.78 is 6.72. The maximum Gasteiger partial charge on any atom is 0.149 e. The summed E-state index contributed by atoms with van der Waals surface area (Å²) in [6.45, 7) is 4.72. The van der Waals surface area contributed by atoms with Crippen molar-refractivity contribution in [2.45, 2.75) is 20.3 Å². The summed E-state index contributed by atoms with van der Waals surface area (Å²) >= 11 is 3.48. The van der Waals surface area contributed by atoms with E-state index in [1.54, 1.807) is 6.08 Å². The topological polar surface area (TPSA) is 61.7 Å². The van der Waals surface area contributed by atoms with E-state index in [9.17, 15) is 5.26 Å². The minimum Gasteiger partial charge on any atom is -0.493 e. The van der Waals surface area contributed by atoms with Crippen LogP contribution >= 0.6 is 15.9 Å². The number of imidazole rings is 1. The molecule has 0 spiro atoms. The van der Waals surface area contributed by atoms with Crippen molar-refractivity contribution in [2.24, 2.45) is 0 Å². The Morgan fingerprint density at radius 1 is 1.32 bits per heavy atom. The van der Waals surface area contributed by atoms with Crippen molar-refractivity contribution < 1.29 is 4.74 Å². The number of fused-ring (bicyclic) bond motifs is 1. The number of hydrogen-bond acceptors (Lipinski definition) is 3. The first kappa shape index (κ1) is 17.2. The minimum atomic E-state index is 0.466. The third-order valence-corrected chi connectivity index (χ3v) is 4.24. The predicted octanol–water partition coefficient (Wildman–Crippen LogP) is 5.49. The van der Waals surface area contributed by atoms with E-state index in [1.165, 1.54) is 0 Å². The van der Waals surface area contributed by atoms with Crippen LogP contribution in [0.5, 0.6) is 5.75 Å². The van der Waals surface area contributed by atoms with Crippen molar-refractivity contribution in [2.75, 3.05) is 6.61 Å². The molecule has 0 aliphatic heterocycles. The second-order valence-corrected chi connectivity index (χ2v) is 6.72. The highest BCUT2D eigenvalue weighted by atomic mass is 79.9. The Labute approximate surface area is 155 Å². The van der Waals surface area contributed by atoms with Crippen molar-refractivity contribution in [1.82, 2.24) is 9.97 Å². The van der Waals surface area contributed by atoms with Crippen LogP contribution in [0.1, 0.15) is 30.3 Å². The van der Waals surface area contributed by atoms with Gasteiger partial charge in [-0.05, 0) is 55.3 Å². The number of hydrogen-bond donors (Lipinski definition) is 1. The Morgan fingerprint density at radius 2 is 2.16 bits per heavy atom. The predicted molar refractivity (Wildman–Crippen MR) is 104 cm³/mol. The molecule has 3 rings (SSSR count). The molecule has 0 saturated heterocycles. The second-order valence-electron chi connectivity index (χ2n) is 5.81. The number of nitrogens with one attached hydrogen (secondary N) is 1. The summed E-state index contributed by atoms with van der Waals surface area (Å²) in [6, 6.07) is 14.0.